The Morgan fingerprint density at radius 2 is 1.02 bits per heavy atom. The van der Waals surface area contributed by atoms with Crippen molar-refractivity contribution in [1.82, 2.24) is 0 Å². The average molecular weight is 535 g/mol. The van der Waals surface area contributed by atoms with E-state index in [-0.39, 0.29) is 21.7 Å². The van der Waals surface area contributed by atoms with Crippen molar-refractivity contribution in [3.8, 4) is 16.9 Å². The molecule has 4 aromatic carbocycles. The van der Waals surface area contributed by atoms with Crippen molar-refractivity contribution in [2.24, 2.45) is 0 Å². The van der Waals surface area contributed by atoms with Crippen molar-refractivity contribution in [3.63, 3.8) is 0 Å². The topological polar surface area (TPSA) is 33.4 Å². The summed E-state index contributed by atoms with van der Waals surface area (Å²) >= 11 is 0. The fraction of sp³-hybridized carbons (Fsp3) is 0.421. The van der Waals surface area contributed by atoms with Crippen LogP contribution in [0.25, 0.3) is 43.6 Å². The number of hydrogen-bond acceptors (Lipinski definition) is 2. The van der Waals surface area contributed by atoms with E-state index in [1.54, 1.807) is 0 Å². The predicted octanol–water partition coefficient (Wildman–Crippen LogP) is 11.3. The predicted molar refractivity (Wildman–Crippen MR) is 173 cm³/mol. The Balaban J connectivity index is 1.97. The van der Waals surface area contributed by atoms with Crippen LogP contribution in [0.15, 0.2) is 59.2 Å². The average Bonchev–Trinajstić information content (AvgIpc) is 3.24. The largest absolute Gasteiger partial charge is 0.507 e. The van der Waals surface area contributed by atoms with Crippen molar-refractivity contribution in [3.05, 3.63) is 77.0 Å². The van der Waals surface area contributed by atoms with Gasteiger partial charge in [-0.25, -0.2) is 0 Å². The lowest BCUT2D eigenvalue weighted by atomic mass is 9.79. The first kappa shape index (κ1) is 28.3. The minimum Gasteiger partial charge on any atom is -0.507 e. The molecule has 0 saturated carbocycles. The van der Waals surface area contributed by atoms with Crippen LogP contribution in [0, 0.1) is 0 Å². The lowest BCUT2D eigenvalue weighted by Gasteiger charge is -2.25. The van der Waals surface area contributed by atoms with Gasteiger partial charge in [0.05, 0.1) is 6.26 Å². The number of phenols is 1. The molecule has 1 N–H and O–H groups in total. The van der Waals surface area contributed by atoms with Gasteiger partial charge in [0.1, 0.15) is 11.3 Å². The SMILES string of the molecule is CC(C)(C)c1ccc2c(-c3coc4c(C(C)(C)C)cc5cc(C(C)(C)C)ccc5c34)c(O)c(C(C)(C)C)cc2c1. The summed E-state index contributed by atoms with van der Waals surface area (Å²) in [6, 6.07) is 18.0. The van der Waals surface area contributed by atoms with Crippen LogP contribution >= 0.6 is 0 Å². The van der Waals surface area contributed by atoms with Crippen LogP contribution in [-0.4, -0.2) is 5.11 Å². The first-order chi connectivity index (χ1) is 18.3. The van der Waals surface area contributed by atoms with Crippen molar-refractivity contribution in [2.45, 2.75) is 105 Å². The second-order valence-corrected chi connectivity index (χ2v) is 15.8. The van der Waals surface area contributed by atoms with Crippen LogP contribution < -0.4 is 0 Å². The summed E-state index contributed by atoms with van der Waals surface area (Å²) in [4.78, 5) is 0. The van der Waals surface area contributed by atoms with Gasteiger partial charge in [0.25, 0.3) is 0 Å². The van der Waals surface area contributed by atoms with E-state index in [4.69, 9.17) is 4.42 Å². The molecule has 0 unspecified atom stereocenters. The normalized spacial score (nSPS) is 13.6. The maximum Gasteiger partial charge on any atom is 0.138 e. The van der Waals surface area contributed by atoms with Crippen molar-refractivity contribution >= 4 is 32.5 Å². The van der Waals surface area contributed by atoms with Crippen LogP contribution in [0.5, 0.6) is 5.75 Å². The number of fused-ring (bicyclic) bond motifs is 4. The molecule has 1 aromatic heterocycles. The maximum absolute atomic E-state index is 12.0. The van der Waals surface area contributed by atoms with E-state index in [2.05, 4.69) is 132 Å². The molecule has 210 valence electrons. The van der Waals surface area contributed by atoms with E-state index in [9.17, 15) is 5.11 Å². The van der Waals surface area contributed by atoms with Gasteiger partial charge in [-0.15, -0.1) is 0 Å². The minimum absolute atomic E-state index is 0.0268. The van der Waals surface area contributed by atoms with Gasteiger partial charge in [-0.3, -0.25) is 0 Å². The van der Waals surface area contributed by atoms with Gasteiger partial charge in [0, 0.05) is 27.6 Å². The van der Waals surface area contributed by atoms with E-state index in [1.165, 1.54) is 22.1 Å². The fourth-order valence-electron chi connectivity index (χ4n) is 5.87. The summed E-state index contributed by atoms with van der Waals surface area (Å²) < 4.78 is 6.46. The highest BCUT2D eigenvalue weighted by atomic mass is 16.3. The minimum atomic E-state index is -0.232. The molecule has 0 saturated heterocycles. The molecule has 0 aliphatic carbocycles. The van der Waals surface area contributed by atoms with Crippen LogP contribution in [0.4, 0.5) is 0 Å². The highest BCUT2D eigenvalue weighted by Gasteiger charge is 2.29. The van der Waals surface area contributed by atoms with Crippen molar-refractivity contribution in [1.29, 1.82) is 0 Å². The molecule has 2 heteroatoms. The highest BCUT2D eigenvalue weighted by Crippen LogP contribution is 2.49. The van der Waals surface area contributed by atoms with Gasteiger partial charge in [-0.05, 0) is 66.5 Å². The number of phenolic OH excluding ortho intramolecular Hbond substituents is 1. The van der Waals surface area contributed by atoms with E-state index in [0.29, 0.717) is 5.75 Å². The first-order valence-electron chi connectivity index (χ1n) is 14.6. The second-order valence-electron chi connectivity index (χ2n) is 15.8. The van der Waals surface area contributed by atoms with Gasteiger partial charge in [0.2, 0.25) is 0 Å². The van der Waals surface area contributed by atoms with Gasteiger partial charge >= 0.3 is 0 Å². The Kier molecular flexibility index (Phi) is 6.27. The maximum atomic E-state index is 12.0. The van der Waals surface area contributed by atoms with E-state index in [0.717, 1.165) is 43.8 Å². The second kappa shape index (κ2) is 8.87. The molecule has 2 nitrogen and oxygen atoms in total. The van der Waals surface area contributed by atoms with Crippen LogP contribution in [0.2, 0.25) is 0 Å². The van der Waals surface area contributed by atoms with Crippen LogP contribution in [0.3, 0.4) is 0 Å². The third kappa shape index (κ3) is 4.70. The van der Waals surface area contributed by atoms with Gasteiger partial charge in [-0.1, -0.05) is 119 Å². The van der Waals surface area contributed by atoms with E-state index in [1.807, 2.05) is 6.26 Å². The Bertz CT molecular complexity index is 1770. The third-order valence-electron chi connectivity index (χ3n) is 8.39. The summed E-state index contributed by atoms with van der Waals surface area (Å²) in [5.41, 5.74) is 7.15. The molecule has 0 spiro atoms. The number of hydrogen-bond donors (Lipinski definition) is 1. The summed E-state index contributed by atoms with van der Waals surface area (Å²) in [5, 5.41) is 17.6. The van der Waals surface area contributed by atoms with Gasteiger partial charge in [-0.2, -0.15) is 0 Å². The quantitative estimate of drug-likeness (QED) is 0.232. The molecule has 0 fully saturated rings. The number of furan rings is 1. The molecule has 1 heterocycles. The smallest absolute Gasteiger partial charge is 0.138 e. The summed E-state index contributed by atoms with van der Waals surface area (Å²) in [6.45, 7) is 26.7. The highest BCUT2D eigenvalue weighted by molar-refractivity contribution is 6.18. The lowest BCUT2D eigenvalue weighted by molar-refractivity contribution is 0.449. The van der Waals surface area contributed by atoms with Gasteiger partial charge in [0.15, 0.2) is 0 Å². The monoisotopic (exact) mass is 534 g/mol. The van der Waals surface area contributed by atoms with Crippen molar-refractivity contribution < 1.29 is 9.52 Å². The van der Waals surface area contributed by atoms with Crippen LogP contribution in [0.1, 0.15) is 105 Å². The third-order valence-corrected chi connectivity index (χ3v) is 8.39. The Hall–Kier alpha value is -3.26. The Morgan fingerprint density at radius 1 is 0.550 bits per heavy atom. The van der Waals surface area contributed by atoms with Gasteiger partial charge < -0.3 is 9.52 Å². The molecule has 0 amide bonds. The summed E-state index contributed by atoms with van der Waals surface area (Å²) in [7, 11) is 0. The molecule has 0 bridgehead atoms. The molecule has 0 radical (unpaired) electrons. The zero-order valence-corrected chi connectivity index (χ0v) is 26.6. The number of rotatable bonds is 1. The Labute approximate surface area is 240 Å². The van der Waals surface area contributed by atoms with Crippen LogP contribution in [-0.2, 0) is 21.7 Å². The van der Waals surface area contributed by atoms with E-state index < -0.39 is 0 Å². The zero-order chi connectivity index (χ0) is 29.6. The molecule has 0 atom stereocenters. The zero-order valence-electron chi connectivity index (χ0n) is 26.6. The molecule has 5 rings (SSSR count). The van der Waals surface area contributed by atoms with Crippen molar-refractivity contribution in [2.75, 3.05) is 0 Å². The molecule has 0 aliphatic heterocycles. The number of aromatic hydroxyl groups is 1. The molecular formula is C38H46O2. The lowest BCUT2D eigenvalue weighted by Crippen LogP contribution is -2.13. The fourth-order valence-corrected chi connectivity index (χ4v) is 5.87. The Morgan fingerprint density at radius 3 is 1.52 bits per heavy atom. The molecular weight excluding hydrogens is 488 g/mol. The van der Waals surface area contributed by atoms with E-state index >= 15 is 0 Å². The first-order valence-corrected chi connectivity index (χ1v) is 14.6. The summed E-state index contributed by atoms with van der Waals surface area (Å²) in [5.74, 6) is 0.340. The number of benzene rings is 4. The molecule has 5 aromatic rings. The molecule has 40 heavy (non-hydrogen) atoms. The summed E-state index contributed by atoms with van der Waals surface area (Å²) in [6.07, 6.45) is 1.87. The standard InChI is InChI=1S/C38H46O2/c1-35(2,3)24-13-15-26-22(17-24)19-29(37(7,8)9)33(39)31(26)28-21-40-34-30(38(10,11)12)20-23-18-25(36(4,5)6)14-16-27(23)32(28)34/h13-21,39H,1-12H3. The molecule has 0 aliphatic rings.